The van der Waals surface area contributed by atoms with E-state index in [4.69, 9.17) is 4.74 Å². The predicted molar refractivity (Wildman–Crippen MR) is 134 cm³/mol. The Morgan fingerprint density at radius 2 is 1.54 bits per heavy atom. The Bertz CT molecular complexity index is 1390. The molecule has 0 saturated carbocycles. The second-order valence-electron chi connectivity index (χ2n) is 9.35. The minimum Gasteiger partial charge on any atom is -0.494 e. The van der Waals surface area contributed by atoms with Crippen molar-refractivity contribution >= 4 is 29.1 Å². The van der Waals surface area contributed by atoms with Gasteiger partial charge in [0, 0.05) is 28.3 Å². The lowest BCUT2D eigenvalue weighted by Gasteiger charge is -2.37. The summed E-state index contributed by atoms with van der Waals surface area (Å²) in [5, 5.41) is 0. The number of ketones is 3. The highest BCUT2D eigenvalue weighted by Gasteiger charge is 2.71. The van der Waals surface area contributed by atoms with Crippen molar-refractivity contribution in [2.24, 2.45) is 5.41 Å². The Kier molecular flexibility index (Phi) is 4.78. The Morgan fingerprint density at radius 3 is 2.23 bits per heavy atom. The van der Waals surface area contributed by atoms with Crippen LogP contribution in [0.2, 0.25) is 0 Å². The van der Waals surface area contributed by atoms with Crippen molar-refractivity contribution in [3.63, 3.8) is 0 Å². The van der Waals surface area contributed by atoms with Gasteiger partial charge in [0.15, 0.2) is 17.3 Å². The van der Waals surface area contributed by atoms with E-state index in [0.29, 0.717) is 29.0 Å². The number of carbonyl (C=O) groups is 3. The molecule has 1 saturated heterocycles. The number of anilines is 1. The molecule has 0 bridgehead atoms. The molecule has 1 aliphatic carbocycles. The summed E-state index contributed by atoms with van der Waals surface area (Å²) in [6.07, 6.45) is 3.90. The number of para-hydroxylation sites is 2. The zero-order valence-electron chi connectivity index (χ0n) is 19.6. The van der Waals surface area contributed by atoms with Crippen LogP contribution in [0.3, 0.4) is 0 Å². The molecular formula is C30H25NO4. The molecule has 6 rings (SSSR count). The predicted octanol–water partition coefficient (Wildman–Crippen LogP) is 5.11. The Balaban J connectivity index is 1.69. The first-order valence-electron chi connectivity index (χ1n) is 12.0. The van der Waals surface area contributed by atoms with E-state index in [9.17, 15) is 14.4 Å². The fraction of sp³-hybridized carbons (Fsp3) is 0.233. The van der Waals surface area contributed by atoms with Gasteiger partial charge in [-0.25, -0.2) is 0 Å². The van der Waals surface area contributed by atoms with Crippen LogP contribution in [0, 0.1) is 5.41 Å². The van der Waals surface area contributed by atoms with Crippen molar-refractivity contribution < 1.29 is 19.1 Å². The molecule has 3 aromatic rings. The average molecular weight is 464 g/mol. The molecule has 2 heterocycles. The molecule has 174 valence electrons. The first-order chi connectivity index (χ1) is 17.0. The van der Waals surface area contributed by atoms with E-state index in [2.05, 4.69) is 0 Å². The number of nitrogens with zero attached hydrogens (tertiary/aromatic N) is 1. The van der Waals surface area contributed by atoms with Gasteiger partial charge in [0.1, 0.15) is 11.2 Å². The number of rotatable bonds is 4. The highest BCUT2D eigenvalue weighted by molar-refractivity contribution is 6.32. The molecule has 0 amide bonds. The summed E-state index contributed by atoms with van der Waals surface area (Å²) in [6.45, 7) is 3.88. The third kappa shape index (κ3) is 2.72. The first kappa shape index (κ1) is 21.5. The fourth-order valence-electron chi connectivity index (χ4n) is 6.44. The van der Waals surface area contributed by atoms with Gasteiger partial charge < -0.3 is 9.64 Å². The van der Waals surface area contributed by atoms with Crippen LogP contribution in [0.1, 0.15) is 51.6 Å². The summed E-state index contributed by atoms with van der Waals surface area (Å²) >= 11 is 0. The van der Waals surface area contributed by atoms with E-state index in [1.165, 1.54) is 0 Å². The van der Waals surface area contributed by atoms with Gasteiger partial charge >= 0.3 is 0 Å². The molecule has 5 nitrogen and oxygen atoms in total. The normalized spacial score (nSPS) is 23.3. The summed E-state index contributed by atoms with van der Waals surface area (Å²) < 4.78 is 5.98. The number of ether oxygens (including phenoxy) is 1. The topological polar surface area (TPSA) is 63.7 Å². The number of fused-ring (bicyclic) bond motifs is 5. The van der Waals surface area contributed by atoms with E-state index < -0.39 is 23.4 Å². The number of benzene rings is 3. The molecule has 0 N–H and O–H groups in total. The van der Waals surface area contributed by atoms with Gasteiger partial charge in [-0.05, 0) is 31.5 Å². The van der Waals surface area contributed by atoms with Gasteiger partial charge in [-0.15, -0.1) is 0 Å². The molecule has 2 aliphatic heterocycles. The smallest absolute Gasteiger partial charge is 0.180 e. The van der Waals surface area contributed by atoms with Crippen molar-refractivity contribution in [3.8, 4) is 5.75 Å². The minimum absolute atomic E-state index is 0.0927. The second-order valence-corrected chi connectivity index (χ2v) is 9.35. The summed E-state index contributed by atoms with van der Waals surface area (Å²) in [7, 11) is 0. The van der Waals surface area contributed by atoms with Crippen LogP contribution in [0.25, 0.3) is 6.08 Å². The summed E-state index contributed by atoms with van der Waals surface area (Å²) in [5.74, 6) is -0.658. The highest BCUT2D eigenvalue weighted by Crippen LogP contribution is 2.61. The molecule has 5 heteroatoms. The van der Waals surface area contributed by atoms with Crippen molar-refractivity contribution in [1.29, 1.82) is 0 Å². The van der Waals surface area contributed by atoms with Gasteiger partial charge in [0.2, 0.25) is 0 Å². The maximum atomic E-state index is 14.4. The van der Waals surface area contributed by atoms with E-state index in [1.54, 1.807) is 31.2 Å². The van der Waals surface area contributed by atoms with E-state index >= 15 is 0 Å². The summed E-state index contributed by atoms with van der Waals surface area (Å²) in [4.78, 5) is 44.2. The molecule has 0 unspecified atom stereocenters. The zero-order valence-corrected chi connectivity index (χ0v) is 19.6. The van der Waals surface area contributed by atoms with Crippen LogP contribution in [-0.4, -0.2) is 36.0 Å². The van der Waals surface area contributed by atoms with Crippen LogP contribution in [0.4, 0.5) is 5.69 Å². The van der Waals surface area contributed by atoms with Crippen LogP contribution in [0.5, 0.6) is 5.75 Å². The largest absolute Gasteiger partial charge is 0.494 e. The molecule has 0 radical (unpaired) electrons. The molecule has 1 fully saturated rings. The standard InChI is InChI=1S/C30H25NO4/c1-3-35-24-15-9-7-13-22(24)26-27(18(2)32)31-23-14-8-4-10-19(23)16-17-25(31)30(26)28(33)20-11-5-6-12-21(20)29(30)34/h4-17,25-27H,3H2,1-2H3/t25-,26+,27+/m0/s1. The summed E-state index contributed by atoms with van der Waals surface area (Å²) in [5.41, 5.74) is 1.90. The van der Waals surface area contributed by atoms with Crippen LogP contribution < -0.4 is 9.64 Å². The van der Waals surface area contributed by atoms with Crippen molar-refractivity contribution in [2.75, 3.05) is 11.5 Å². The quantitative estimate of drug-likeness (QED) is 0.504. The minimum atomic E-state index is -1.47. The first-order valence-corrected chi connectivity index (χ1v) is 12.0. The van der Waals surface area contributed by atoms with Gasteiger partial charge in [-0.2, -0.15) is 0 Å². The highest BCUT2D eigenvalue weighted by atomic mass is 16.5. The van der Waals surface area contributed by atoms with Crippen molar-refractivity contribution in [3.05, 3.63) is 101 Å². The SMILES string of the molecule is CCOc1ccccc1[C@@H]1[C@@H](C(C)=O)N2c3ccccc3C=C[C@H]2C12C(=O)c1ccccc1C2=O. The maximum Gasteiger partial charge on any atom is 0.180 e. The van der Waals surface area contributed by atoms with Crippen LogP contribution in [-0.2, 0) is 4.79 Å². The van der Waals surface area contributed by atoms with Gasteiger partial charge in [0.25, 0.3) is 0 Å². The van der Waals surface area contributed by atoms with Gasteiger partial charge in [0.05, 0.1) is 18.7 Å². The molecule has 1 spiro atoms. The van der Waals surface area contributed by atoms with Gasteiger partial charge in [-0.3, -0.25) is 14.4 Å². The zero-order chi connectivity index (χ0) is 24.3. The molecule has 0 aromatic heterocycles. The summed E-state index contributed by atoms with van der Waals surface area (Å²) in [6, 6.07) is 21.0. The van der Waals surface area contributed by atoms with E-state index in [1.807, 2.05) is 72.5 Å². The van der Waals surface area contributed by atoms with E-state index in [-0.39, 0.29) is 17.3 Å². The van der Waals surface area contributed by atoms with E-state index in [0.717, 1.165) is 11.3 Å². The lowest BCUT2D eigenvalue weighted by molar-refractivity contribution is -0.118. The number of hydrogen-bond donors (Lipinski definition) is 0. The number of Topliss-reactive ketones (excluding diaryl/α,β-unsaturated/α-hetero) is 3. The molecule has 3 atom stereocenters. The monoisotopic (exact) mass is 463 g/mol. The molecular weight excluding hydrogens is 438 g/mol. The Labute approximate surface area is 204 Å². The fourth-order valence-corrected chi connectivity index (χ4v) is 6.44. The lowest BCUT2D eigenvalue weighted by atomic mass is 9.64. The van der Waals surface area contributed by atoms with Crippen molar-refractivity contribution in [2.45, 2.75) is 31.8 Å². The Hall–Kier alpha value is -3.99. The number of carbonyl (C=O) groups excluding carboxylic acids is 3. The lowest BCUT2D eigenvalue weighted by Crippen LogP contribution is -2.48. The molecule has 35 heavy (non-hydrogen) atoms. The average Bonchev–Trinajstić information content (AvgIpc) is 3.31. The molecule has 3 aromatic carbocycles. The number of hydrogen-bond acceptors (Lipinski definition) is 5. The second kappa shape index (κ2) is 7.77. The van der Waals surface area contributed by atoms with Crippen molar-refractivity contribution in [1.82, 2.24) is 0 Å². The third-order valence-electron chi connectivity index (χ3n) is 7.68. The van der Waals surface area contributed by atoms with Crippen LogP contribution >= 0.6 is 0 Å². The third-order valence-corrected chi connectivity index (χ3v) is 7.68. The Morgan fingerprint density at radius 1 is 0.914 bits per heavy atom. The van der Waals surface area contributed by atoms with Gasteiger partial charge in [-0.1, -0.05) is 72.8 Å². The van der Waals surface area contributed by atoms with Crippen LogP contribution in [0.15, 0.2) is 78.9 Å². The maximum absolute atomic E-state index is 14.4. The molecule has 3 aliphatic rings.